The Kier molecular flexibility index (Phi) is 37.6. The lowest BCUT2D eigenvalue weighted by atomic mass is 9.99. The summed E-state index contributed by atoms with van der Waals surface area (Å²) in [6.07, 6.45) is 44.5. The van der Waals surface area contributed by atoms with Crippen molar-refractivity contribution < 1.29 is 39.8 Å². The molecule has 1 heterocycles. The highest BCUT2D eigenvalue weighted by Crippen LogP contribution is 2.22. The molecule has 0 aromatic heterocycles. The van der Waals surface area contributed by atoms with Crippen LogP contribution in [0.4, 0.5) is 0 Å². The highest BCUT2D eigenvalue weighted by molar-refractivity contribution is 5.76. The second kappa shape index (κ2) is 40.2. The number of amides is 1. The van der Waals surface area contributed by atoms with E-state index in [9.17, 15) is 30.3 Å². The molecule has 0 aromatic rings. The third kappa shape index (κ3) is 30.8. The Balaban J connectivity index is 2.37. The number of nitrogens with one attached hydrogen (secondary N) is 1. The van der Waals surface area contributed by atoms with Crippen molar-refractivity contribution in [1.82, 2.24) is 5.32 Å². The number of hydrogen-bond donors (Lipinski definition) is 6. The number of hydrogen-bond acceptors (Lipinski definition) is 8. The average Bonchev–Trinajstić information content (AvgIpc) is 3.23. The molecule has 1 aliphatic heterocycles. The average molecular weight is 834 g/mol. The normalized spacial score (nSPS) is 21.1. The number of carbonyl (C=O) groups excluding carboxylic acids is 1. The van der Waals surface area contributed by atoms with Crippen molar-refractivity contribution in [3.05, 3.63) is 48.6 Å². The lowest BCUT2D eigenvalue weighted by Gasteiger charge is -2.40. The second-order valence-electron chi connectivity index (χ2n) is 16.9. The SMILES string of the molecule is CCCCCCC/C=C\CCCCCCCC(=O)NC(COC1OC(CO)C(O)C(O)C1O)C(O)/C=C/CC/C=C/CC/C=C/CCCCCCCCCCCCCC. The fourth-order valence-electron chi connectivity index (χ4n) is 7.42. The number of allylic oxidation sites excluding steroid dienone is 7. The zero-order chi connectivity index (χ0) is 43.0. The smallest absolute Gasteiger partial charge is 0.220 e. The standard InChI is InChI=1S/C50H91NO8/c1-3-5-7-9-11-13-15-17-19-20-21-22-23-24-25-26-27-29-31-33-35-37-39-44(53)43(42-58-50-49(57)48(56)47(55)45(41-52)59-50)51-46(54)40-38-36-34-32-30-28-18-16-14-12-10-8-6-4-2/h16,18,24-25,29,31,37,39,43-45,47-50,52-53,55-57H,3-15,17,19-23,26-28,30,32-36,38,40-42H2,1-2H3,(H,51,54)/b18-16-,25-24+,31-29+,39-37+. The van der Waals surface area contributed by atoms with Crippen molar-refractivity contribution in [3.8, 4) is 0 Å². The molecule has 6 N–H and O–H groups in total. The zero-order valence-electron chi connectivity index (χ0n) is 37.7. The Morgan fingerprint density at radius 1 is 0.559 bits per heavy atom. The van der Waals surface area contributed by atoms with Gasteiger partial charge in [0.05, 0.1) is 25.4 Å². The largest absolute Gasteiger partial charge is 0.394 e. The summed E-state index contributed by atoms with van der Waals surface area (Å²) in [4.78, 5) is 12.9. The van der Waals surface area contributed by atoms with Crippen LogP contribution in [0.2, 0.25) is 0 Å². The molecule has 0 radical (unpaired) electrons. The molecule has 9 nitrogen and oxygen atoms in total. The van der Waals surface area contributed by atoms with Crippen molar-refractivity contribution in [2.75, 3.05) is 13.2 Å². The van der Waals surface area contributed by atoms with Crippen LogP contribution in [-0.2, 0) is 14.3 Å². The summed E-state index contributed by atoms with van der Waals surface area (Å²) in [5.74, 6) is -0.201. The number of ether oxygens (including phenoxy) is 2. The first-order valence-corrected chi connectivity index (χ1v) is 24.4. The molecule has 9 heteroatoms. The Hall–Kier alpha value is -1.85. The van der Waals surface area contributed by atoms with E-state index in [2.05, 4.69) is 55.6 Å². The van der Waals surface area contributed by atoms with Gasteiger partial charge < -0.3 is 40.3 Å². The number of carbonyl (C=O) groups is 1. The summed E-state index contributed by atoms with van der Waals surface area (Å²) in [5, 5.41) is 54.2. The number of aliphatic hydroxyl groups excluding tert-OH is 5. The third-order valence-electron chi connectivity index (χ3n) is 11.4. The Morgan fingerprint density at radius 2 is 0.966 bits per heavy atom. The predicted octanol–water partition coefficient (Wildman–Crippen LogP) is 10.6. The molecule has 0 bridgehead atoms. The Bertz CT molecular complexity index is 1060. The van der Waals surface area contributed by atoms with Gasteiger partial charge in [-0.05, 0) is 70.6 Å². The van der Waals surface area contributed by atoms with E-state index in [0.717, 1.165) is 64.2 Å². The molecule has 0 saturated carbocycles. The summed E-state index contributed by atoms with van der Waals surface area (Å²) in [7, 11) is 0. The van der Waals surface area contributed by atoms with Gasteiger partial charge in [0, 0.05) is 6.42 Å². The van der Waals surface area contributed by atoms with E-state index in [0.29, 0.717) is 6.42 Å². The molecule has 1 saturated heterocycles. The van der Waals surface area contributed by atoms with E-state index in [1.165, 1.54) is 122 Å². The van der Waals surface area contributed by atoms with Crippen molar-refractivity contribution in [3.63, 3.8) is 0 Å². The van der Waals surface area contributed by atoms with Crippen LogP contribution in [-0.4, -0.2) is 87.5 Å². The maximum Gasteiger partial charge on any atom is 0.220 e. The van der Waals surface area contributed by atoms with Crippen LogP contribution in [0.5, 0.6) is 0 Å². The van der Waals surface area contributed by atoms with Crippen LogP contribution in [0.3, 0.4) is 0 Å². The second-order valence-corrected chi connectivity index (χ2v) is 16.9. The molecule has 59 heavy (non-hydrogen) atoms. The van der Waals surface area contributed by atoms with Crippen LogP contribution in [0.15, 0.2) is 48.6 Å². The highest BCUT2D eigenvalue weighted by Gasteiger charge is 2.44. The van der Waals surface area contributed by atoms with Crippen LogP contribution >= 0.6 is 0 Å². The molecular weight excluding hydrogens is 743 g/mol. The van der Waals surface area contributed by atoms with E-state index in [-0.39, 0.29) is 12.5 Å². The summed E-state index contributed by atoms with van der Waals surface area (Å²) in [6, 6.07) is -0.832. The lowest BCUT2D eigenvalue weighted by Crippen LogP contribution is -2.60. The van der Waals surface area contributed by atoms with Crippen molar-refractivity contribution in [1.29, 1.82) is 0 Å². The fraction of sp³-hybridized carbons (Fsp3) is 0.820. The number of rotatable bonds is 40. The molecule has 0 aromatic carbocycles. The quantitative estimate of drug-likeness (QED) is 0.0264. The molecule has 344 valence electrons. The van der Waals surface area contributed by atoms with E-state index in [1.54, 1.807) is 6.08 Å². The number of aliphatic hydroxyl groups is 5. The van der Waals surface area contributed by atoms with Crippen LogP contribution in [0.25, 0.3) is 0 Å². The molecule has 0 spiro atoms. The Labute approximate surface area is 361 Å². The van der Waals surface area contributed by atoms with Gasteiger partial charge in [0.1, 0.15) is 24.4 Å². The molecule has 7 atom stereocenters. The van der Waals surface area contributed by atoms with Gasteiger partial charge in [-0.3, -0.25) is 4.79 Å². The van der Waals surface area contributed by atoms with Gasteiger partial charge >= 0.3 is 0 Å². The molecule has 7 unspecified atom stereocenters. The van der Waals surface area contributed by atoms with Gasteiger partial charge in [-0.1, -0.05) is 178 Å². The maximum atomic E-state index is 12.9. The molecule has 1 aliphatic rings. The van der Waals surface area contributed by atoms with E-state index >= 15 is 0 Å². The monoisotopic (exact) mass is 834 g/mol. The van der Waals surface area contributed by atoms with Crippen molar-refractivity contribution >= 4 is 5.91 Å². The predicted molar refractivity (Wildman–Crippen MR) is 244 cm³/mol. The summed E-state index contributed by atoms with van der Waals surface area (Å²) < 4.78 is 11.2. The Morgan fingerprint density at radius 3 is 1.42 bits per heavy atom. The minimum Gasteiger partial charge on any atom is -0.394 e. The fourth-order valence-corrected chi connectivity index (χ4v) is 7.42. The third-order valence-corrected chi connectivity index (χ3v) is 11.4. The molecule has 1 rings (SSSR count). The van der Waals surface area contributed by atoms with Gasteiger partial charge in [0.15, 0.2) is 6.29 Å². The first-order valence-electron chi connectivity index (χ1n) is 24.4. The maximum absolute atomic E-state index is 12.9. The molecule has 1 amide bonds. The van der Waals surface area contributed by atoms with Crippen LogP contribution in [0, 0.1) is 0 Å². The summed E-state index contributed by atoms with van der Waals surface area (Å²) in [5.41, 5.74) is 0. The van der Waals surface area contributed by atoms with E-state index in [1.807, 2.05) is 6.08 Å². The summed E-state index contributed by atoms with van der Waals surface area (Å²) in [6.45, 7) is 3.73. The van der Waals surface area contributed by atoms with E-state index in [4.69, 9.17) is 9.47 Å². The highest BCUT2D eigenvalue weighted by atomic mass is 16.7. The first kappa shape index (κ1) is 55.2. The molecule has 1 fully saturated rings. The molecule has 0 aliphatic carbocycles. The number of unbranched alkanes of at least 4 members (excludes halogenated alkanes) is 24. The minimum absolute atomic E-state index is 0.201. The van der Waals surface area contributed by atoms with Crippen LogP contribution < -0.4 is 5.32 Å². The van der Waals surface area contributed by atoms with Gasteiger partial charge in [0.2, 0.25) is 5.91 Å². The summed E-state index contributed by atoms with van der Waals surface area (Å²) >= 11 is 0. The van der Waals surface area contributed by atoms with Crippen molar-refractivity contribution in [2.45, 2.75) is 249 Å². The lowest BCUT2D eigenvalue weighted by molar-refractivity contribution is -0.302. The first-order chi connectivity index (χ1) is 28.8. The van der Waals surface area contributed by atoms with Gasteiger partial charge in [-0.2, -0.15) is 0 Å². The van der Waals surface area contributed by atoms with Gasteiger partial charge in [-0.25, -0.2) is 0 Å². The zero-order valence-corrected chi connectivity index (χ0v) is 37.7. The van der Waals surface area contributed by atoms with Gasteiger partial charge in [0.25, 0.3) is 0 Å². The molecular formula is C50H91NO8. The van der Waals surface area contributed by atoms with Crippen LogP contribution in [0.1, 0.15) is 206 Å². The topological polar surface area (TPSA) is 149 Å². The van der Waals surface area contributed by atoms with Crippen molar-refractivity contribution in [2.24, 2.45) is 0 Å². The minimum atomic E-state index is -1.58. The van der Waals surface area contributed by atoms with E-state index < -0.39 is 49.5 Å². The van der Waals surface area contributed by atoms with Gasteiger partial charge in [-0.15, -0.1) is 0 Å².